The van der Waals surface area contributed by atoms with E-state index < -0.39 is 0 Å². The Hall–Kier alpha value is -0.830. The summed E-state index contributed by atoms with van der Waals surface area (Å²) in [7, 11) is 2.07. The van der Waals surface area contributed by atoms with Gasteiger partial charge in [0.15, 0.2) is 0 Å². The van der Waals surface area contributed by atoms with Crippen molar-refractivity contribution in [3.8, 4) is 0 Å². The smallest absolute Gasteiger partial charge is 0.140 e. The van der Waals surface area contributed by atoms with E-state index in [-0.39, 0.29) is 0 Å². The Morgan fingerprint density at radius 3 is 2.71 bits per heavy atom. The summed E-state index contributed by atoms with van der Waals surface area (Å²) in [6.07, 6.45) is 1.83. The molecule has 0 spiro atoms. The van der Waals surface area contributed by atoms with Crippen LogP contribution in [0.5, 0.6) is 0 Å². The first kappa shape index (κ1) is 9.71. The zero-order valence-electron chi connectivity index (χ0n) is 8.58. The molecule has 74 valence electrons. The standard InChI is InChI=1S/C11H13BrN2/c1-7(2)10-6-8-9(12)4-5-13-11(8)14(10)3/h4-7H,1-3H3. The molecule has 0 aliphatic rings. The lowest BCUT2D eigenvalue weighted by Gasteiger charge is -2.05. The van der Waals surface area contributed by atoms with Crippen molar-refractivity contribution in [2.75, 3.05) is 0 Å². The second-order valence-corrected chi connectivity index (χ2v) is 4.67. The fourth-order valence-corrected chi connectivity index (χ4v) is 2.17. The fourth-order valence-electron chi connectivity index (χ4n) is 1.76. The van der Waals surface area contributed by atoms with Crippen LogP contribution in [0.1, 0.15) is 25.5 Å². The van der Waals surface area contributed by atoms with Crippen LogP contribution in [0.25, 0.3) is 11.0 Å². The topological polar surface area (TPSA) is 17.8 Å². The number of fused-ring (bicyclic) bond motifs is 1. The Morgan fingerprint density at radius 2 is 2.14 bits per heavy atom. The van der Waals surface area contributed by atoms with Crippen molar-refractivity contribution in [3.05, 3.63) is 28.5 Å². The van der Waals surface area contributed by atoms with Gasteiger partial charge in [-0.3, -0.25) is 0 Å². The van der Waals surface area contributed by atoms with Gasteiger partial charge in [0.25, 0.3) is 0 Å². The third-order valence-corrected chi connectivity index (χ3v) is 3.20. The number of pyridine rings is 1. The highest BCUT2D eigenvalue weighted by molar-refractivity contribution is 9.10. The molecule has 0 saturated heterocycles. The lowest BCUT2D eigenvalue weighted by Crippen LogP contribution is -1.98. The van der Waals surface area contributed by atoms with Crippen molar-refractivity contribution in [1.82, 2.24) is 9.55 Å². The second kappa shape index (κ2) is 3.39. The summed E-state index contributed by atoms with van der Waals surface area (Å²) in [4.78, 5) is 4.38. The maximum Gasteiger partial charge on any atom is 0.140 e. The van der Waals surface area contributed by atoms with Crippen molar-refractivity contribution in [1.29, 1.82) is 0 Å². The molecule has 0 N–H and O–H groups in total. The molecule has 2 aromatic rings. The van der Waals surface area contributed by atoms with Gasteiger partial charge in [0.2, 0.25) is 0 Å². The van der Waals surface area contributed by atoms with Crippen LogP contribution < -0.4 is 0 Å². The highest BCUT2D eigenvalue weighted by Crippen LogP contribution is 2.27. The molecule has 2 rings (SSSR count). The van der Waals surface area contributed by atoms with Gasteiger partial charge in [0, 0.05) is 28.8 Å². The van der Waals surface area contributed by atoms with Crippen LogP contribution in [-0.2, 0) is 7.05 Å². The Bertz CT molecular complexity index is 471. The molecule has 0 radical (unpaired) electrons. The molecule has 0 atom stereocenters. The van der Waals surface area contributed by atoms with Crippen LogP contribution in [-0.4, -0.2) is 9.55 Å². The molecule has 0 aromatic carbocycles. The van der Waals surface area contributed by atoms with Crippen LogP contribution in [0.4, 0.5) is 0 Å². The number of hydrogen-bond acceptors (Lipinski definition) is 1. The highest BCUT2D eigenvalue weighted by atomic mass is 79.9. The maximum absolute atomic E-state index is 4.38. The molecule has 0 amide bonds. The summed E-state index contributed by atoms with van der Waals surface area (Å²) in [5.74, 6) is 0.529. The molecule has 14 heavy (non-hydrogen) atoms. The van der Waals surface area contributed by atoms with Crippen molar-refractivity contribution >= 4 is 27.0 Å². The third-order valence-electron chi connectivity index (χ3n) is 2.50. The highest BCUT2D eigenvalue weighted by Gasteiger charge is 2.11. The Labute approximate surface area is 92.1 Å². The maximum atomic E-state index is 4.38. The number of nitrogens with zero attached hydrogens (tertiary/aromatic N) is 2. The Kier molecular flexibility index (Phi) is 2.35. The SMILES string of the molecule is CC(C)c1cc2c(Br)ccnc2n1C. The average Bonchev–Trinajstić information content (AvgIpc) is 2.46. The first-order valence-corrected chi connectivity index (χ1v) is 5.50. The van der Waals surface area contributed by atoms with Crippen LogP contribution in [0.3, 0.4) is 0 Å². The number of aromatic nitrogens is 2. The van der Waals surface area contributed by atoms with Crippen LogP contribution in [0.15, 0.2) is 22.8 Å². The molecule has 0 bridgehead atoms. The van der Waals surface area contributed by atoms with Crippen LogP contribution >= 0.6 is 15.9 Å². The predicted molar refractivity (Wildman–Crippen MR) is 62.5 cm³/mol. The Morgan fingerprint density at radius 1 is 1.43 bits per heavy atom. The van der Waals surface area contributed by atoms with E-state index in [9.17, 15) is 0 Å². The predicted octanol–water partition coefficient (Wildman–Crippen LogP) is 3.46. The molecule has 0 fully saturated rings. The second-order valence-electron chi connectivity index (χ2n) is 3.81. The van der Waals surface area contributed by atoms with Gasteiger partial charge in [0.05, 0.1) is 0 Å². The van der Waals surface area contributed by atoms with Gasteiger partial charge in [0.1, 0.15) is 5.65 Å². The molecule has 2 nitrogen and oxygen atoms in total. The van der Waals surface area contributed by atoms with Gasteiger partial charge >= 0.3 is 0 Å². The zero-order valence-corrected chi connectivity index (χ0v) is 10.2. The minimum Gasteiger partial charge on any atom is -0.332 e. The first-order chi connectivity index (χ1) is 6.61. The summed E-state index contributed by atoms with van der Waals surface area (Å²) < 4.78 is 3.27. The van der Waals surface area contributed by atoms with Crippen LogP contribution in [0, 0.1) is 0 Å². The minimum absolute atomic E-state index is 0.529. The summed E-state index contributed by atoms with van der Waals surface area (Å²) in [6, 6.07) is 4.18. The van der Waals surface area contributed by atoms with Crippen molar-refractivity contribution < 1.29 is 0 Å². The molecule has 0 aliphatic heterocycles. The van der Waals surface area contributed by atoms with Crippen LogP contribution in [0.2, 0.25) is 0 Å². The monoisotopic (exact) mass is 252 g/mol. The van der Waals surface area contributed by atoms with E-state index in [1.807, 2.05) is 12.3 Å². The van der Waals surface area contributed by atoms with Gasteiger partial charge in [-0.2, -0.15) is 0 Å². The number of halogens is 1. The van der Waals surface area contributed by atoms with Gasteiger partial charge in [-0.15, -0.1) is 0 Å². The molecule has 0 unspecified atom stereocenters. The lowest BCUT2D eigenvalue weighted by molar-refractivity contribution is 0.751. The first-order valence-electron chi connectivity index (χ1n) is 4.71. The van der Waals surface area contributed by atoms with Gasteiger partial charge in [-0.25, -0.2) is 4.98 Å². The number of hydrogen-bond donors (Lipinski definition) is 0. The van der Waals surface area contributed by atoms with E-state index in [4.69, 9.17) is 0 Å². The minimum atomic E-state index is 0.529. The van der Waals surface area contributed by atoms with E-state index in [2.05, 4.69) is 52.4 Å². The van der Waals surface area contributed by atoms with Crippen molar-refractivity contribution in [2.45, 2.75) is 19.8 Å². The van der Waals surface area contributed by atoms with E-state index in [1.165, 1.54) is 11.1 Å². The quantitative estimate of drug-likeness (QED) is 0.761. The van der Waals surface area contributed by atoms with Crippen molar-refractivity contribution in [3.63, 3.8) is 0 Å². The fraction of sp³-hybridized carbons (Fsp3) is 0.364. The molecule has 0 saturated carbocycles. The molecule has 2 aromatic heterocycles. The van der Waals surface area contributed by atoms with Gasteiger partial charge in [-0.1, -0.05) is 13.8 Å². The summed E-state index contributed by atoms with van der Waals surface area (Å²) >= 11 is 3.54. The molecular formula is C11H13BrN2. The summed E-state index contributed by atoms with van der Waals surface area (Å²) in [5.41, 5.74) is 2.36. The molecule has 2 heterocycles. The summed E-state index contributed by atoms with van der Waals surface area (Å²) in [5, 5.41) is 1.19. The van der Waals surface area contributed by atoms with E-state index in [0.717, 1.165) is 10.1 Å². The van der Waals surface area contributed by atoms with E-state index in [1.54, 1.807) is 0 Å². The van der Waals surface area contributed by atoms with E-state index >= 15 is 0 Å². The largest absolute Gasteiger partial charge is 0.332 e. The lowest BCUT2D eigenvalue weighted by atomic mass is 10.1. The average molecular weight is 253 g/mol. The van der Waals surface area contributed by atoms with Crippen molar-refractivity contribution in [2.24, 2.45) is 7.05 Å². The molecule has 3 heteroatoms. The van der Waals surface area contributed by atoms with Gasteiger partial charge < -0.3 is 4.57 Å². The molecule has 0 aliphatic carbocycles. The number of rotatable bonds is 1. The van der Waals surface area contributed by atoms with E-state index in [0.29, 0.717) is 5.92 Å². The van der Waals surface area contributed by atoms with Gasteiger partial charge in [-0.05, 0) is 34.0 Å². The molecular weight excluding hydrogens is 240 g/mol. The normalized spacial score (nSPS) is 11.5. The number of aryl methyl sites for hydroxylation is 1. The summed E-state index contributed by atoms with van der Waals surface area (Å²) in [6.45, 7) is 4.39. The Balaban J connectivity index is 2.80. The zero-order chi connectivity index (χ0) is 10.3. The third kappa shape index (κ3) is 1.36.